The Hall–Kier alpha value is -1.42. The number of hydrogen-bond donors (Lipinski definition) is 6. The fourth-order valence-electron chi connectivity index (χ4n) is 3.96. The van der Waals surface area contributed by atoms with Gasteiger partial charge in [0.15, 0.2) is 0 Å². The maximum atomic E-state index is 12.5. The summed E-state index contributed by atoms with van der Waals surface area (Å²) in [4.78, 5) is 14.9. The molecule has 0 spiro atoms. The standard InChI is InChI=1S/C15H27BClN7O/c1-2-24-9-4-3-7(16)5-8(9)21-10(24)6-20-15(25)11-13(18)23-14(19)12(17)22-11/h3,8-11,13,21-23H,2,4-6,16,18-19H2,1H3,(H,20,25). The molecule has 0 bridgehead atoms. The van der Waals surface area contributed by atoms with Crippen LogP contribution in [0.15, 0.2) is 22.5 Å². The summed E-state index contributed by atoms with van der Waals surface area (Å²) < 4.78 is 0. The number of hydrogen-bond acceptors (Lipinski definition) is 7. The third kappa shape index (κ3) is 3.74. The summed E-state index contributed by atoms with van der Waals surface area (Å²) >= 11 is 5.96. The molecule has 138 valence electrons. The van der Waals surface area contributed by atoms with Gasteiger partial charge in [-0.3, -0.25) is 15.0 Å². The zero-order valence-electron chi connectivity index (χ0n) is 14.7. The summed E-state index contributed by atoms with van der Waals surface area (Å²) in [6.45, 7) is 3.61. The lowest BCUT2D eigenvalue weighted by atomic mass is 9.81. The van der Waals surface area contributed by atoms with Crippen molar-refractivity contribution in [3.8, 4) is 0 Å². The third-order valence-corrected chi connectivity index (χ3v) is 5.58. The first kappa shape index (κ1) is 18.4. The van der Waals surface area contributed by atoms with E-state index in [-0.39, 0.29) is 23.1 Å². The molecule has 2 heterocycles. The van der Waals surface area contributed by atoms with E-state index in [1.54, 1.807) is 0 Å². The van der Waals surface area contributed by atoms with Crippen molar-refractivity contribution in [2.75, 3.05) is 13.1 Å². The van der Waals surface area contributed by atoms with Crippen molar-refractivity contribution in [1.82, 2.24) is 26.2 Å². The Kier molecular flexibility index (Phi) is 5.48. The van der Waals surface area contributed by atoms with Crippen LogP contribution in [0.1, 0.15) is 19.8 Å². The molecule has 8 N–H and O–H groups in total. The normalized spacial score (nSPS) is 35.5. The van der Waals surface area contributed by atoms with Crippen molar-refractivity contribution in [3.05, 3.63) is 22.5 Å². The van der Waals surface area contributed by atoms with Crippen LogP contribution in [0.4, 0.5) is 0 Å². The Bertz CT molecular complexity index is 598. The molecule has 10 heteroatoms. The maximum Gasteiger partial charge on any atom is 0.246 e. The summed E-state index contributed by atoms with van der Waals surface area (Å²) in [5.74, 6) is 0.0486. The molecule has 1 saturated heterocycles. The van der Waals surface area contributed by atoms with Gasteiger partial charge in [-0.05, 0) is 19.4 Å². The maximum absolute atomic E-state index is 12.5. The highest BCUT2D eigenvalue weighted by molar-refractivity contribution is 6.29. The molecule has 1 fully saturated rings. The van der Waals surface area contributed by atoms with Gasteiger partial charge in [-0.1, -0.05) is 24.6 Å². The van der Waals surface area contributed by atoms with Gasteiger partial charge in [0.1, 0.15) is 31.0 Å². The summed E-state index contributed by atoms with van der Waals surface area (Å²) in [5.41, 5.74) is 13.0. The fraction of sp³-hybridized carbons (Fsp3) is 0.667. The highest BCUT2D eigenvalue weighted by Gasteiger charge is 2.41. The Balaban J connectivity index is 1.57. The second-order valence-corrected chi connectivity index (χ2v) is 7.32. The van der Waals surface area contributed by atoms with Gasteiger partial charge in [0.05, 0.1) is 6.17 Å². The van der Waals surface area contributed by atoms with E-state index in [1.165, 1.54) is 5.47 Å². The van der Waals surface area contributed by atoms with Crippen molar-refractivity contribution in [3.63, 3.8) is 0 Å². The van der Waals surface area contributed by atoms with E-state index >= 15 is 0 Å². The quantitative estimate of drug-likeness (QED) is 0.241. The molecule has 25 heavy (non-hydrogen) atoms. The number of carbonyl (C=O) groups is 1. The first-order chi connectivity index (χ1) is 11.9. The van der Waals surface area contributed by atoms with Gasteiger partial charge in [0.25, 0.3) is 0 Å². The molecule has 0 saturated carbocycles. The number of fused-ring (bicyclic) bond motifs is 1. The molecule has 8 nitrogen and oxygen atoms in total. The van der Waals surface area contributed by atoms with Gasteiger partial charge in [-0.25, -0.2) is 0 Å². The number of rotatable bonds is 4. The number of carbonyl (C=O) groups excluding carboxylic acids is 1. The van der Waals surface area contributed by atoms with Gasteiger partial charge in [-0.2, -0.15) is 0 Å². The van der Waals surface area contributed by atoms with E-state index in [4.69, 9.17) is 23.1 Å². The van der Waals surface area contributed by atoms with Crippen molar-refractivity contribution < 1.29 is 4.79 Å². The Morgan fingerprint density at radius 2 is 2.28 bits per heavy atom. The molecule has 2 aliphatic heterocycles. The molecule has 1 amide bonds. The lowest BCUT2D eigenvalue weighted by Gasteiger charge is -2.32. The molecule has 0 radical (unpaired) electrons. The van der Waals surface area contributed by atoms with Gasteiger partial charge in [0.2, 0.25) is 5.91 Å². The van der Waals surface area contributed by atoms with Crippen molar-refractivity contribution in [2.45, 2.75) is 50.2 Å². The molecule has 1 aliphatic carbocycles. The molecule has 3 rings (SSSR count). The average Bonchev–Trinajstić information content (AvgIpc) is 2.92. The summed E-state index contributed by atoms with van der Waals surface area (Å²) in [6.07, 6.45) is 3.93. The minimum absolute atomic E-state index is 0.118. The number of nitrogens with one attached hydrogen (secondary N) is 4. The van der Waals surface area contributed by atoms with Crippen LogP contribution in [-0.4, -0.2) is 62.2 Å². The third-order valence-electron chi connectivity index (χ3n) is 5.26. The van der Waals surface area contributed by atoms with Crippen LogP contribution in [0, 0.1) is 0 Å². The van der Waals surface area contributed by atoms with E-state index in [0.29, 0.717) is 18.6 Å². The zero-order valence-corrected chi connectivity index (χ0v) is 15.4. The van der Waals surface area contributed by atoms with E-state index < -0.39 is 12.2 Å². The predicted molar refractivity (Wildman–Crippen MR) is 101 cm³/mol. The summed E-state index contributed by atoms with van der Waals surface area (Å²) in [7, 11) is 2.18. The minimum Gasteiger partial charge on any atom is -0.383 e. The van der Waals surface area contributed by atoms with Gasteiger partial charge in [-0.15, -0.1) is 5.47 Å². The van der Waals surface area contributed by atoms with Crippen LogP contribution in [-0.2, 0) is 4.79 Å². The Morgan fingerprint density at radius 3 is 3.00 bits per heavy atom. The van der Waals surface area contributed by atoms with E-state index in [2.05, 4.69) is 47.0 Å². The molecular weight excluding hydrogens is 340 g/mol. The second-order valence-electron chi connectivity index (χ2n) is 6.94. The molecule has 3 aliphatic rings. The van der Waals surface area contributed by atoms with Crippen LogP contribution in [0.5, 0.6) is 0 Å². The highest BCUT2D eigenvalue weighted by Crippen LogP contribution is 2.28. The molecular formula is C15H27BClN7O. The lowest BCUT2D eigenvalue weighted by molar-refractivity contribution is -0.124. The van der Waals surface area contributed by atoms with Crippen LogP contribution >= 0.6 is 11.6 Å². The summed E-state index contributed by atoms with van der Waals surface area (Å²) in [5, 5.41) is 12.5. The number of nitrogens with zero attached hydrogens (tertiary/aromatic N) is 1. The number of halogens is 1. The van der Waals surface area contributed by atoms with E-state index in [1.807, 2.05) is 0 Å². The van der Waals surface area contributed by atoms with Gasteiger partial charge >= 0.3 is 0 Å². The van der Waals surface area contributed by atoms with E-state index in [9.17, 15) is 4.79 Å². The topological polar surface area (TPSA) is 120 Å². The smallest absolute Gasteiger partial charge is 0.246 e. The van der Waals surface area contributed by atoms with Crippen LogP contribution in [0.2, 0.25) is 0 Å². The van der Waals surface area contributed by atoms with Crippen LogP contribution < -0.4 is 32.7 Å². The van der Waals surface area contributed by atoms with Crippen molar-refractivity contribution in [2.24, 2.45) is 11.5 Å². The molecule has 0 aromatic rings. The Morgan fingerprint density at radius 1 is 1.52 bits per heavy atom. The van der Waals surface area contributed by atoms with Crippen LogP contribution in [0.3, 0.4) is 0 Å². The first-order valence-electron chi connectivity index (χ1n) is 8.79. The number of nitrogens with two attached hydrogens (primary N) is 2. The number of likely N-dealkylation sites (N-methyl/N-ethyl adjacent to an activating group) is 1. The van der Waals surface area contributed by atoms with Gasteiger partial charge < -0.3 is 27.4 Å². The average molecular weight is 368 g/mol. The monoisotopic (exact) mass is 367 g/mol. The van der Waals surface area contributed by atoms with Crippen molar-refractivity contribution in [1.29, 1.82) is 0 Å². The highest BCUT2D eigenvalue weighted by atomic mass is 35.5. The van der Waals surface area contributed by atoms with Crippen molar-refractivity contribution >= 4 is 25.4 Å². The molecule has 5 atom stereocenters. The summed E-state index contributed by atoms with van der Waals surface area (Å²) in [6, 6.07) is 0.271. The first-order valence-corrected chi connectivity index (χ1v) is 9.17. The van der Waals surface area contributed by atoms with E-state index in [0.717, 1.165) is 19.4 Å². The Labute approximate surface area is 154 Å². The largest absolute Gasteiger partial charge is 0.383 e. The van der Waals surface area contributed by atoms with Crippen LogP contribution in [0.25, 0.3) is 0 Å². The molecule has 0 aromatic carbocycles. The SMILES string of the molecule is BC1=CCC2C(C1)NC(CNC(=O)C1NC(Cl)=C(N)NC1N)N2CC. The van der Waals surface area contributed by atoms with Gasteiger partial charge in [0, 0.05) is 18.6 Å². The predicted octanol–water partition coefficient (Wildman–Crippen LogP) is -2.43. The molecule has 5 unspecified atom stereocenters. The second kappa shape index (κ2) is 7.45. The fourth-order valence-corrected chi connectivity index (χ4v) is 4.13. The lowest BCUT2D eigenvalue weighted by Crippen LogP contribution is -2.64. The zero-order chi connectivity index (χ0) is 18.1. The molecule has 0 aromatic heterocycles. The number of amides is 1. The minimum atomic E-state index is -0.664.